The van der Waals surface area contributed by atoms with Gasteiger partial charge >= 0.3 is 0 Å². The minimum absolute atomic E-state index is 0.0692. The number of aryl methyl sites for hydroxylation is 1. The Hall–Kier alpha value is -1.65. The fourth-order valence-electron chi connectivity index (χ4n) is 12.5. The van der Waals surface area contributed by atoms with Gasteiger partial charge in [-0.1, -0.05) is 62.8 Å². The van der Waals surface area contributed by atoms with E-state index in [0.29, 0.717) is 40.7 Å². The van der Waals surface area contributed by atoms with Gasteiger partial charge in [-0.15, -0.1) is 0 Å². The molecule has 1 amide bonds. The monoisotopic (exact) mass is 570 g/mol. The smallest absolute Gasteiger partial charge is 0.220 e. The number of carbonyl (C=O) groups excluding carboxylic acids is 1. The summed E-state index contributed by atoms with van der Waals surface area (Å²) in [6, 6.07) is 10.9. The van der Waals surface area contributed by atoms with E-state index in [0.717, 1.165) is 43.8 Å². The van der Waals surface area contributed by atoms with E-state index in [9.17, 15) is 4.79 Å². The molecule has 7 aliphatic rings. The number of likely N-dealkylation sites (tertiary alicyclic amines) is 1. The van der Waals surface area contributed by atoms with Crippen LogP contribution < -0.4 is 5.32 Å². The van der Waals surface area contributed by atoms with E-state index in [1.807, 2.05) is 11.6 Å². The molecule has 1 aromatic carbocycles. The van der Waals surface area contributed by atoms with Crippen LogP contribution in [0.1, 0.15) is 103 Å². The van der Waals surface area contributed by atoms with E-state index < -0.39 is 0 Å². The van der Waals surface area contributed by atoms with Gasteiger partial charge in [0, 0.05) is 37.5 Å². The molecule has 10 atom stereocenters. The molecule has 10 unspecified atom stereocenters. The zero-order valence-electron chi connectivity index (χ0n) is 26.5. The summed E-state index contributed by atoms with van der Waals surface area (Å²) in [5, 5.41) is 3.25. The van der Waals surface area contributed by atoms with Crippen LogP contribution in [-0.4, -0.2) is 48.2 Å². The standard InChI is InChI=1S/C38H54N2O2/c1-26-21-33-32(40(24-26)20-19-39-34(41)15-12-27-9-5-4-6-10-27)23-38(42-33)18-16-30-29-14-13-28-11-7-8-17-35(28,2)31(29)22-37(30)25-36(37,38)3/h4-6,9-11,26,29-33H,7-8,12-25H2,1-3H3,(H,39,41). The third-order valence-corrected chi connectivity index (χ3v) is 14.6. The fraction of sp³-hybridized carbons (Fsp3) is 0.763. The lowest BCUT2D eigenvalue weighted by atomic mass is 9.56. The van der Waals surface area contributed by atoms with Gasteiger partial charge in [-0.25, -0.2) is 0 Å². The first kappa shape index (κ1) is 27.9. The summed E-state index contributed by atoms with van der Waals surface area (Å²) in [6.45, 7) is 10.6. The van der Waals surface area contributed by atoms with Crippen molar-refractivity contribution in [1.82, 2.24) is 10.2 Å². The van der Waals surface area contributed by atoms with Crippen molar-refractivity contribution in [2.75, 3.05) is 19.6 Å². The van der Waals surface area contributed by atoms with Crippen LogP contribution >= 0.6 is 0 Å². The fourth-order valence-corrected chi connectivity index (χ4v) is 12.5. The molecule has 4 saturated carbocycles. The Morgan fingerprint density at radius 1 is 1.10 bits per heavy atom. The number of hydrogen-bond donors (Lipinski definition) is 1. The third-order valence-electron chi connectivity index (χ3n) is 14.6. The maximum Gasteiger partial charge on any atom is 0.220 e. The summed E-state index contributed by atoms with van der Waals surface area (Å²) in [4.78, 5) is 15.4. The normalized spacial score (nSPS) is 47.1. The van der Waals surface area contributed by atoms with Crippen LogP contribution in [-0.2, 0) is 16.0 Å². The molecule has 0 aromatic heterocycles. The van der Waals surface area contributed by atoms with Gasteiger partial charge in [-0.3, -0.25) is 9.69 Å². The molecule has 2 aliphatic heterocycles. The Bertz CT molecular complexity index is 1240. The van der Waals surface area contributed by atoms with Gasteiger partial charge in [0.15, 0.2) is 0 Å². The molecule has 2 spiro atoms. The van der Waals surface area contributed by atoms with Gasteiger partial charge in [-0.2, -0.15) is 0 Å². The number of nitrogens with zero attached hydrogens (tertiary/aromatic N) is 1. The van der Waals surface area contributed by atoms with Gasteiger partial charge in [0.1, 0.15) is 0 Å². The average molecular weight is 571 g/mol. The Balaban J connectivity index is 0.945. The predicted octanol–water partition coefficient (Wildman–Crippen LogP) is 7.33. The van der Waals surface area contributed by atoms with Crippen molar-refractivity contribution in [2.45, 2.75) is 122 Å². The van der Waals surface area contributed by atoms with Gasteiger partial charge in [0.25, 0.3) is 0 Å². The Morgan fingerprint density at radius 2 is 1.95 bits per heavy atom. The molecule has 5 aliphatic carbocycles. The lowest BCUT2D eigenvalue weighted by molar-refractivity contribution is -0.137. The maximum atomic E-state index is 12.6. The van der Waals surface area contributed by atoms with Crippen molar-refractivity contribution in [3.05, 3.63) is 47.5 Å². The lowest BCUT2D eigenvalue weighted by Gasteiger charge is -2.49. The number of rotatable bonds is 6. The molecule has 0 bridgehead atoms. The van der Waals surface area contributed by atoms with E-state index in [2.05, 4.69) is 61.3 Å². The quantitative estimate of drug-likeness (QED) is 0.364. The van der Waals surface area contributed by atoms with E-state index in [1.165, 1.54) is 76.2 Å². The van der Waals surface area contributed by atoms with Crippen LogP contribution in [0, 0.1) is 39.9 Å². The van der Waals surface area contributed by atoms with Crippen molar-refractivity contribution in [3.8, 4) is 0 Å². The minimum Gasteiger partial charge on any atom is -0.369 e. The number of allylic oxidation sites excluding steroid dienone is 2. The summed E-state index contributed by atoms with van der Waals surface area (Å²) < 4.78 is 7.41. The lowest BCUT2D eigenvalue weighted by Crippen LogP contribution is -2.51. The predicted molar refractivity (Wildman–Crippen MR) is 168 cm³/mol. The highest BCUT2D eigenvalue weighted by Crippen LogP contribution is 2.86. The van der Waals surface area contributed by atoms with Gasteiger partial charge in [0.05, 0.1) is 11.7 Å². The molecule has 4 nitrogen and oxygen atoms in total. The first-order valence-corrected chi connectivity index (χ1v) is 17.7. The molecule has 228 valence electrons. The minimum atomic E-state index is 0.0692. The molecular weight excluding hydrogens is 516 g/mol. The largest absolute Gasteiger partial charge is 0.369 e. The van der Waals surface area contributed by atoms with Crippen LogP contribution in [0.25, 0.3) is 0 Å². The molecule has 6 fully saturated rings. The average Bonchev–Trinajstić information content (AvgIpc) is 3.26. The number of ether oxygens (including phenoxy) is 1. The van der Waals surface area contributed by atoms with Gasteiger partial charge < -0.3 is 10.1 Å². The van der Waals surface area contributed by atoms with Crippen molar-refractivity contribution >= 4 is 5.91 Å². The first-order valence-electron chi connectivity index (χ1n) is 17.7. The first-order chi connectivity index (χ1) is 20.3. The number of fused-ring (bicyclic) bond motifs is 6. The van der Waals surface area contributed by atoms with Crippen molar-refractivity contribution in [1.29, 1.82) is 0 Å². The Kier molecular flexibility index (Phi) is 6.59. The molecule has 8 rings (SSSR count). The van der Waals surface area contributed by atoms with Crippen LogP contribution in [0.4, 0.5) is 0 Å². The third kappa shape index (κ3) is 4.02. The van der Waals surface area contributed by atoms with Crippen molar-refractivity contribution in [2.24, 2.45) is 39.9 Å². The number of amides is 1. The van der Waals surface area contributed by atoms with E-state index >= 15 is 0 Å². The summed E-state index contributed by atoms with van der Waals surface area (Å²) >= 11 is 0. The van der Waals surface area contributed by atoms with Crippen molar-refractivity contribution < 1.29 is 9.53 Å². The highest BCUT2D eigenvalue weighted by atomic mass is 16.5. The molecule has 42 heavy (non-hydrogen) atoms. The maximum absolute atomic E-state index is 12.6. The molecule has 2 heterocycles. The van der Waals surface area contributed by atoms with Crippen LogP contribution in [0.3, 0.4) is 0 Å². The van der Waals surface area contributed by atoms with E-state index in [4.69, 9.17) is 4.74 Å². The highest BCUT2D eigenvalue weighted by Gasteiger charge is 2.83. The van der Waals surface area contributed by atoms with E-state index in [-0.39, 0.29) is 11.5 Å². The van der Waals surface area contributed by atoms with Gasteiger partial charge in [0.2, 0.25) is 5.91 Å². The second-order valence-electron chi connectivity index (χ2n) is 16.5. The number of piperidine rings is 1. The summed E-state index contributed by atoms with van der Waals surface area (Å²) in [5.74, 6) is 3.63. The zero-order valence-corrected chi connectivity index (χ0v) is 26.5. The second kappa shape index (κ2) is 9.93. The summed E-state index contributed by atoms with van der Waals surface area (Å²) in [5.41, 5.74) is 4.51. The van der Waals surface area contributed by atoms with Crippen LogP contribution in [0.2, 0.25) is 0 Å². The molecular formula is C38H54N2O2. The van der Waals surface area contributed by atoms with Gasteiger partial charge in [-0.05, 0) is 117 Å². The summed E-state index contributed by atoms with van der Waals surface area (Å²) in [7, 11) is 0. The van der Waals surface area contributed by atoms with E-state index in [1.54, 1.807) is 0 Å². The molecule has 0 radical (unpaired) electrons. The SMILES string of the molecule is CC1CC2OC3(CCC4C5CCC6=CCCCC6(C)C5CC45CC35C)CC2N(CCNC(=O)CCc2ccccc2)C1. The second-order valence-corrected chi connectivity index (χ2v) is 16.5. The Labute approximate surface area is 254 Å². The zero-order chi connectivity index (χ0) is 28.7. The topological polar surface area (TPSA) is 41.6 Å². The molecule has 1 aromatic rings. The van der Waals surface area contributed by atoms with Crippen LogP contribution in [0.15, 0.2) is 42.0 Å². The number of hydrogen-bond acceptors (Lipinski definition) is 3. The number of benzene rings is 1. The number of carbonyl (C=O) groups is 1. The molecule has 1 N–H and O–H groups in total. The van der Waals surface area contributed by atoms with Crippen LogP contribution in [0.5, 0.6) is 0 Å². The summed E-state index contributed by atoms with van der Waals surface area (Å²) in [6.07, 6.45) is 19.4. The molecule has 4 heteroatoms. The number of nitrogens with one attached hydrogen (secondary N) is 1. The van der Waals surface area contributed by atoms with Crippen molar-refractivity contribution in [3.63, 3.8) is 0 Å². The Morgan fingerprint density at radius 3 is 2.81 bits per heavy atom. The highest BCUT2D eigenvalue weighted by molar-refractivity contribution is 5.76. The molecule has 2 saturated heterocycles.